The summed E-state index contributed by atoms with van der Waals surface area (Å²) in [6.07, 6.45) is 0. The monoisotopic (exact) mass is 470 g/mol. The molecule has 0 aliphatic rings. The standard InChI is InChI=1S/C20H38O12/c1-2-25-3-4-26-5-6-27-7-8-28-9-10-29-11-12-30-13-14-31-15-16-32-17-18(19(21)22)20(23)24/h18H,2-17H2,1H3,(H,21,22)(H,23,24). The average molecular weight is 471 g/mol. The molecule has 0 rings (SSSR count). The van der Waals surface area contributed by atoms with Gasteiger partial charge < -0.3 is 48.1 Å². The zero-order valence-electron chi connectivity index (χ0n) is 18.9. The molecular formula is C20H38O12. The van der Waals surface area contributed by atoms with Crippen molar-refractivity contribution in [3.05, 3.63) is 0 Å². The van der Waals surface area contributed by atoms with Crippen molar-refractivity contribution in [2.45, 2.75) is 6.92 Å². The second kappa shape index (κ2) is 24.3. The molecule has 0 radical (unpaired) electrons. The number of hydrogen-bond donors (Lipinski definition) is 2. The van der Waals surface area contributed by atoms with E-state index in [4.69, 9.17) is 48.1 Å². The van der Waals surface area contributed by atoms with Gasteiger partial charge in [-0.05, 0) is 6.92 Å². The summed E-state index contributed by atoms with van der Waals surface area (Å²) in [5.41, 5.74) is 0. The van der Waals surface area contributed by atoms with E-state index in [0.717, 1.165) is 0 Å². The van der Waals surface area contributed by atoms with E-state index in [0.29, 0.717) is 85.9 Å². The van der Waals surface area contributed by atoms with Crippen LogP contribution < -0.4 is 0 Å². The predicted molar refractivity (Wildman–Crippen MR) is 111 cm³/mol. The van der Waals surface area contributed by atoms with E-state index in [-0.39, 0.29) is 13.2 Å². The highest BCUT2D eigenvalue weighted by Gasteiger charge is 2.25. The van der Waals surface area contributed by atoms with Crippen LogP contribution in [0.2, 0.25) is 0 Å². The number of carboxylic acids is 2. The van der Waals surface area contributed by atoms with Crippen LogP contribution in [0.3, 0.4) is 0 Å². The van der Waals surface area contributed by atoms with Crippen LogP contribution in [0.15, 0.2) is 0 Å². The molecule has 2 N–H and O–H groups in total. The molecule has 12 heteroatoms. The van der Waals surface area contributed by atoms with Gasteiger partial charge in [-0.2, -0.15) is 0 Å². The molecule has 0 heterocycles. The number of aliphatic carboxylic acids is 2. The van der Waals surface area contributed by atoms with E-state index in [1.54, 1.807) is 0 Å². The first-order valence-electron chi connectivity index (χ1n) is 10.7. The third kappa shape index (κ3) is 21.8. The Hall–Kier alpha value is -1.38. The maximum Gasteiger partial charge on any atom is 0.320 e. The molecule has 190 valence electrons. The van der Waals surface area contributed by atoms with Gasteiger partial charge in [-0.3, -0.25) is 9.59 Å². The highest BCUT2D eigenvalue weighted by molar-refractivity contribution is 5.92. The first-order chi connectivity index (χ1) is 15.6. The number of ether oxygens (including phenoxy) is 8. The van der Waals surface area contributed by atoms with Crippen molar-refractivity contribution >= 4 is 11.9 Å². The lowest BCUT2D eigenvalue weighted by molar-refractivity contribution is -0.157. The largest absolute Gasteiger partial charge is 0.481 e. The van der Waals surface area contributed by atoms with Crippen LogP contribution in [0.25, 0.3) is 0 Å². The van der Waals surface area contributed by atoms with E-state index in [1.807, 2.05) is 6.92 Å². The molecule has 0 aromatic rings. The summed E-state index contributed by atoms with van der Waals surface area (Å²) in [6, 6.07) is 0. The van der Waals surface area contributed by atoms with Crippen LogP contribution in [-0.4, -0.2) is 128 Å². The first-order valence-corrected chi connectivity index (χ1v) is 10.7. The summed E-state index contributed by atoms with van der Waals surface area (Å²) in [5, 5.41) is 17.4. The summed E-state index contributed by atoms with van der Waals surface area (Å²) >= 11 is 0. The molecule has 0 bridgehead atoms. The predicted octanol–water partition coefficient (Wildman–Crippen LogP) is -0.0755. The van der Waals surface area contributed by atoms with Crippen LogP contribution in [0.1, 0.15) is 6.92 Å². The van der Waals surface area contributed by atoms with Gasteiger partial charge >= 0.3 is 11.9 Å². The molecule has 0 aliphatic carbocycles. The third-order valence-corrected chi connectivity index (χ3v) is 3.69. The Balaban J connectivity index is 3.15. The van der Waals surface area contributed by atoms with Gasteiger partial charge in [0.05, 0.1) is 99.1 Å². The Bertz CT molecular complexity index is 421. The Labute approximate surface area is 188 Å². The fourth-order valence-corrected chi connectivity index (χ4v) is 2.03. The lowest BCUT2D eigenvalue weighted by atomic mass is 10.2. The maximum absolute atomic E-state index is 10.7. The Morgan fingerprint density at radius 2 is 0.750 bits per heavy atom. The van der Waals surface area contributed by atoms with Crippen LogP contribution in [0, 0.1) is 5.92 Å². The molecule has 0 unspecified atom stereocenters. The zero-order chi connectivity index (χ0) is 23.7. The second-order valence-corrected chi connectivity index (χ2v) is 6.18. The lowest BCUT2D eigenvalue weighted by Crippen LogP contribution is -2.28. The van der Waals surface area contributed by atoms with E-state index >= 15 is 0 Å². The smallest absolute Gasteiger partial charge is 0.320 e. The van der Waals surface area contributed by atoms with Gasteiger partial charge in [-0.15, -0.1) is 0 Å². The molecule has 0 spiro atoms. The van der Waals surface area contributed by atoms with Crippen LogP contribution in [0.4, 0.5) is 0 Å². The minimum atomic E-state index is -1.57. The van der Waals surface area contributed by atoms with Crippen molar-refractivity contribution < 1.29 is 57.7 Å². The third-order valence-electron chi connectivity index (χ3n) is 3.69. The van der Waals surface area contributed by atoms with Gasteiger partial charge in [0, 0.05) is 6.61 Å². The number of carboxylic acid groups (broad SMARTS) is 2. The van der Waals surface area contributed by atoms with Crippen LogP contribution in [-0.2, 0) is 47.5 Å². The van der Waals surface area contributed by atoms with Gasteiger partial charge in [0.1, 0.15) is 0 Å². The summed E-state index contributed by atoms with van der Waals surface area (Å²) in [5.74, 6) is -4.43. The summed E-state index contributed by atoms with van der Waals surface area (Å²) in [7, 11) is 0. The molecule has 0 amide bonds. The first kappa shape index (κ1) is 30.6. The van der Waals surface area contributed by atoms with Gasteiger partial charge in [-0.25, -0.2) is 0 Å². The Morgan fingerprint density at radius 1 is 0.500 bits per heavy atom. The van der Waals surface area contributed by atoms with E-state index < -0.39 is 24.5 Å². The quantitative estimate of drug-likeness (QED) is 0.129. The molecule has 0 aromatic heterocycles. The minimum Gasteiger partial charge on any atom is -0.481 e. The van der Waals surface area contributed by atoms with Crippen molar-refractivity contribution in [1.82, 2.24) is 0 Å². The summed E-state index contributed by atoms with van der Waals surface area (Å²) < 4.78 is 42.1. The van der Waals surface area contributed by atoms with Crippen molar-refractivity contribution in [2.24, 2.45) is 5.92 Å². The van der Waals surface area contributed by atoms with Crippen LogP contribution >= 0.6 is 0 Å². The molecule has 0 saturated heterocycles. The Kier molecular flexibility index (Phi) is 23.2. The second-order valence-electron chi connectivity index (χ2n) is 6.18. The van der Waals surface area contributed by atoms with E-state index in [1.165, 1.54) is 0 Å². The average Bonchev–Trinajstić information content (AvgIpc) is 2.76. The maximum atomic E-state index is 10.7. The van der Waals surface area contributed by atoms with Gasteiger partial charge in [0.25, 0.3) is 0 Å². The summed E-state index contributed by atoms with van der Waals surface area (Å²) in [6.45, 7) is 8.30. The SMILES string of the molecule is CCOCCOCCOCCOCCOCCOCCOCCOCC(C(=O)O)C(=O)O. The van der Waals surface area contributed by atoms with E-state index in [9.17, 15) is 9.59 Å². The van der Waals surface area contributed by atoms with E-state index in [2.05, 4.69) is 0 Å². The topological polar surface area (TPSA) is 148 Å². The molecule has 0 saturated carbocycles. The van der Waals surface area contributed by atoms with Gasteiger partial charge in [0.2, 0.25) is 0 Å². The van der Waals surface area contributed by atoms with Crippen molar-refractivity contribution in [1.29, 1.82) is 0 Å². The Morgan fingerprint density at radius 3 is 1.00 bits per heavy atom. The fraction of sp³-hybridized carbons (Fsp3) is 0.900. The van der Waals surface area contributed by atoms with Gasteiger partial charge in [0.15, 0.2) is 5.92 Å². The number of carbonyl (C=O) groups is 2. The van der Waals surface area contributed by atoms with Gasteiger partial charge in [-0.1, -0.05) is 0 Å². The molecule has 0 aromatic carbocycles. The van der Waals surface area contributed by atoms with Crippen molar-refractivity contribution in [3.8, 4) is 0 Å². The zero-order valence-corrected chi connectivity index (χ0v) is 18.9. The van der Waals surface area contributed by atoms with Crippen molar-refractivity contribution in [3.63, 3.8) is 0 Å². The summed E-state index contributed by atoms with van der Waals surface area (Å²) in [4.78, 5) is 21.3. The molecule has 12 nitrogen and oxygen atoms in total. The molecular weight excluding hydrogens is 432 g/mol. The van der Waals surface area contributed by atoms with Crippen LogP contribution in [0.5, 0.6) is 0 Å². The molecule has 0 atom stereocenters. The fourth-order valence-electron chi connectivity index (χ4n) is 2.03. The number of hydrogen-bond acceptors (Lipinski definition) is 10. The molecule has 0 fully saturated rings. The molecule has 32 heavy (non-hydrogen) atoms. The number of rotatable bonds is 26. The highest BCUT2D eigenvalue weighted by Crippen LogP contribution is 1.98. The molecule has 0 aliphatic heterocycles. The van der Waals surface area contributed by atoms with Crippen molar-refractivity contribution in [2.75, 3.05) is 106 Å². The normalized spacial score (nSPS) is 11.3. The lowest BCUT2D eigenvalue weighted by Gasteiger charge is -2.09. The highest BCUT2D eigenvalue weighted by atomic mass is 16.6. The minimum absolute atomic E-state index is 0.105.